The number of rotatable bonds is 4. The van der Waals surface area contributed by atoms with E-state index in [2.05, 4.69) is 4.90 Å². The van der Waals surface area contributed by atoms with Crippen LogP contribution >= 0.6 is 0 Å². The van der Waals surface area contributed by atoms with E-state index in [0.717, 1.165) is 12.0 Å². The second-order valence-electron chi connectivity index (χ2n) is 7.52. The number of imide groups is 1. The largest absolute Gasteiger partial charge is 0.493 e. The second-order valence-corrected chi connectivity index (χ2v) is 7.52. The topological polar surface area (TPSA) is 77.5 Å². The minimum Gasteiger partial charge on any atom is -0.493 e. The van der Waals surface area contributed by atoms with Crippen LogP contribution in [0.5, 0.6) is 23.0 Å². The summed E-state index contributed by atoms with van der Waals surface area (Å²) >= 11 is 0. The molecule has 1 fully saturated rings. The number of ether oxygens (including phenoxy) is 4. The Hall–Kier alpha value is -3.26. The van der Waals surface area contributed by atoms with Gasteiger partial charge in [0.15, 0.2) is 23.0 Å². The van der Waals surface area contributed by atoms with Gasteiger partial charge in [-0.1, -0.05) is 0 Å². The molecule has 3 aliphatic rings. The summed E-state index contributed by atoms with van der Waals surface area (Å²) in [4.78, 5) is 29.3. The maximum atomic E-state index is 13.2. The lowest BCUT2D eigenvalue weighted by molar-refractivity contribution is -0.123. The van der Waals surface area contributed by atoms with Crippen LogP contribution in [0, 0.1) is 0 Å². The van der Waals surface area contributed by atoms with Gasteiger partial charge in [-0.05, 0) is 41.8 Å². The number of fused-ring (bicyclic) bond motifs is 2. The molecule has 1 atom stereocenters. The Morgan fingerprint density at radius 1 is 0.967 bits per heavy atom. The normalized spacial score (nSPS) is 20.5. The zero-order chi connectivity index (χ0) is 20.8. The maximum Gasteiger partial charge on any atom is 0.251 e. The van der Waals surface area contributed by atoms with Crippen molar-refractivity contribution in [3.63, 3.8) is 0 Å². The molecule has 0 aromatic heterocycles. The number of benzene rings is 2. The molecule has 2 aromatic rings. The van der Waals surface area contributed by atoms with Gasteiger partial charge >= 0.3 is 0 Å². The van der Waals surface area contributed by atoms with E-state index in [1.165, 1.54) is 10.5 Å². The van der Waals surface area contributed by atoms with E-state index in [1.807, 2.05) is 12.1 Å². The molecule has 8 nitrogen and oxygen atoms in total. The summed E-state index contributed by atoms with van der Waals surface area (Å²) in [5.74, 6) is 2.11. The van der Waals surface area contributed by atoms with E-state index >= 15 is 0 Å². The Labute approximate surface area is 173 Å². The predicted molar refractivity (Wildman–Crippen MR) is 107 cm³/mol. The summed E-state index contributed by atoms with van der Waals surface area (Å²) < 4.78 is 21.5. The number of anilines is 1. The fourth-order valence-corrected chi connectivity index (χ4v) is 4.37. The van der Waals surface area contributed by atoms with Gasteiger partial charge in [0.05, 0.1) is 32.4 Å². The first-order chi connectivity index (χ1) is 14.6. The smallest absolute Gasteiger partial charge is 0.251 e. The van der Waals surface area contributed by atoms with Crippen molar-refractivity contribution in [2.24, 2.45) is 0 Å². The fraction of sp³-hybridized carbons (Fsp3) is 0.364. The summed E-state index contributed by atoms with van der Waals surface area (Å²) in [6, 6.07) is 8.59. The molecule has 0 spiro atoms. The number of methoxy groups -OCH3 is 2. The summed E-state index contributed by atoms with van der Waals surface area (Å²) in [7, 11) is 3.22. The monoisotopic (exact) mass is 410 g/mol. The maximum absolute atomic E-state index is 13.2. The van der Waals surface area contributed by atoms with Gasteiger partial charge in [-0.3, -0.25) is 14.5 Å². The number of carbonyl (C=O) groups is 2. The van der Waals surface area contributed by atoms with E-state index in [-0.39, 0.29) is 25.0 Å². The molecule has 2 amide bonds. The minimum atomic E-state index is -0.482. The molecule has 2 aromatic carbocycles. The van der Waals surface area contributed by atoms with E-state index in [0.29, 0.717) is 41.8 Å². The molecule has 3 aliphatic heterocycles. The van der Waals surface area contributed by atoms with Crippen LogP contribution in [0.15, 0.2) is 30.3 Å². The molecular weight excluding hydrogens is 388 g/mol. The van der Waals surface area contributed by atoms with Gasteiger partial charge in [-0.15, -0.1) is 0 Å². The van der Waals surface area contributed by atoms with Gasteiger partial charge in [0.1, 0.15) is 0 Å². The predicted octanol–water partition coefficient (Wildman–Crippen LogP) is 2.12. The molecule has 5 rings (SSSR count). The van der Waals surface area contributed by atoms with Crippen molar-refractivity contribution >= 4 is 17.5 Å². The lowest BCUT2D eigenvalue weighted by Gasteiger charge is -2.32. The molecule has 156 valence electrons. The van der Waals surface area contributed by atoms with Crippen LogP contribution in [0.4, 0.5) is 5.69 Å². The number of nitrogens with zero attached hydrogens (tertiary/aromatic N) is 2. The van der Waals surface area contributed by atoms with Crippen molar-refractivity contribution in [1.82, 2.24) is 4.90 Å². The molecule has 8 heteroatoms. The summed E-state index contributed by atoms with van der Waals surface area (Å²) in [6.07, 6.45) is 0.938. The Morgan fingerprint density at radius 3 is 2.47 bits per heavy atom. The van der Waals surface area contributed by atoms with Crippen LogP contribution in [-0.2, 0) is 22.6 Å². The first kappa shape index (κ1) is 18.7. The minimum absolute atomic E-state index is 0.144. The van der Waals surface area contributed by atoms with Crippen molar-refractivity contribution in [2.75, 3.05) is 32.5 Å². The molecular formula is C22H22N2O6. The second kappa shape index (κ2) is 7.21. The first-order valence-electron chi connectivity index (χ1n) is 9.83. The van der Waals surface area contributed by atoms with Crippen LogP contribution < -0.4 is 23.8 Å². The molecule has 3 heterocycles. The third-order valence-electron chi connectivity index (χ3n) is 5.93. The van der Waals surface area contributed by atoms with Crippen molar-refractivity contribution in [3.05, 3.63) is 41.5 Å². The molecule has 1 saturated heterocycles. The van der Waals surface area contributed by atoms with Crippen molar-refractivity contribution in [3.8, 4) is 23.0 Å². The highest BCUT2D eigenvalue weighted by atomic mass is 16.7. The zero-order valence-electron chi connectivity index (χ0n) is 16.8. The molecule has 0 saturated carbocycles. The average molecular weight is 410 g/mol. The Kier molecular flexibility index (Phi) is 4.51. The highest BCUT2D eigenvalue weighted by molar-refractivity contribution is 6.22. The van der Waals surface area contributed by atoms with Gasteiger partial charge in [-0.2, -0.15) is 0 Å². The van der Waals surface area contributed by atoms with Crippen LogP contribution in [0.3, 0.4) is 0 Å². The lowest BCUT2D eigenvalue weighted by Crippen LogP contribution is -2.44. The van der Waals surface area contributed by atoms with Crippen LogP contribution in [-0.4, -0.2) is 50.3 Å². The van der Waals surface area contributed by atoms with Crippen LogP contribution in [0.1, 0.15) is 17.5 Å². The quantitative estimate of drug-likeness (QED) is 0.715. The first-order valence-corrected chi connectivity index (χ1v) is 9.83. The molecule has 0 radical (unpaired) electrons. The van der Waals surface area contributed by atoms with E-state index in [4.69, 9.17) is 18.9 Å². The van der Waals surface area contributed by atoms with Gasteiger partial charge < -0.3 is 18.9 Å². The number of amides is 2. The number of hydrogen-bond acceptors (Lipinski definition) is 7. The Bertz CT molecular complexity index is 1040. The Morgan fingerprint density at radius 2 is 1.70 bits per heavy atom. The third kappa shape index (κ3) is 2.95. The molecule has 0 N–H and O–H groups in total. The summed E-state index contributed by atoms with van der Waals surface area (Å²) in [5.41, 5.74) is 2.77. The van der Waals surface area contributed by atoms with Gasteiger partial charge in [0.2, 0.25) is 12.7 Å². The Balaban J connectivity index is 1.38. The highest BCUT2D eigenvalue weighted by Gasteiger charge is 2.43. The lowest BCUT2D eigenvalue weighted by atomic mass is 9.97. The highest BCUT2D eigenvalue weighted by Crippen LogP contribution is 2.38. The number of carbonyl (C=O) groups excluding carboxylic acids is 2. The van der Waals surface area contributed by atoms with E-state index < -0.39 is 6.04 Å². The SMILES string of the molecule is COc1cc2c(cc1OC)CN([C@H]1CC(=O)N(c3ccc4c(c3)OCO4)C1=O)CC2. The molecule has 0 bridgehead atoms. The van der Waals surface area contributed by atoms with Gasteiger partial charge in [0, 0.05) is 19.2 Å². The van der Waals surface area contributed by atoms with Crippen molar-refractivity contribution in [2.45, 2.75) is 25.4 Å². The number of hydrogen-bond donors (Lipinski definition) is 0. The van der Waals surface area contributed by atoms with Crippen LogP contribution in [0.2, 0.25) is 0 Å². The average Bonchev–Trinajstić information content (AvgIpc) is 3.35. The standard InChI is InChI=1S/C22H22N2O6/c1-27-18-7-13-5-6-23(11-14(13)8-19(18)28-2)16-10-21(25)24(22(16)26)15-3-4-17-20(9-15)30-12-29-17/h3-4,7-9,16H,5-6,10-12H2,1-2H3/t16-/m0/s1. The van der Waals surface area contributed by atoms with Crippen molar-refractivity contribution in [1.29, 1.82) is 0 Å². The van der Waals surface area contributed by atoms with E-state index in [1.54, 1.807) is 32.4 Å². The fourth-order valence-electron chi connectivity index (χ4n) is 4.37. The van der Waals surface area contributed by atoms with Crippen molar-refractivity contribution < 1.29 is 28.5 Å². The summed E-state index contributed by atoms with van der Waals surface area (Å²) in [6.45, 7) is 1.42. The van der Waals surface area contributed by atoms with Gasteiger partial charge in [-0.25, -0.2) is 4.90 Å². The van der Waals surface area contributed by atoms with E-state index in [9.17, 15) is 9.59 Å². The van der Waals surface area contributed by atoms with Gasteiger partial charge in [0.25, 0.3) is 5.91 Å². The third-order valence-corrected chi connectivity index (χ3v) is 5.93. The summed E-state index contributed by atoms with van der Waals surface area (Å²) in [5, 5.41) is 0. The van der Waals surface area contributed by atoms with Crippen LogP contribution in [0.25, 0.3) is 0 Å². The molecule has 30 heavy (non-hydrogen) atoms. The zero-order valence-corrected chi connectivity index (χ0v) is 16.8. The molecule has 0 aliphatic carbocycles. The molecule has 0 unspecified atom stereocenters.